The van der Waals surface area contributed by atoms with Gasteiger partial charge in [0.05, 0.1) is 0 Å². The molecule has 0 atom stereocenters. The van der Waals surface area contributed by atoms with Gasteiger partial charge in [0.15, 0.2) is 0 Å². The second kappa shape index (κ2) is 5.88. The lowest BCUT2D eigenvalue weighted by Gasteiger charge is -2.27. The van der Waals surface area contributed by atoms with E-state index < -0.39 is 5.54 Å². The monoisotopic (exact) mass is 293 g/mol. The van der Waals surface area contributed by atoms with Crippen LogP contribution in [0.25, 0.3) is 0 Å². The molecule has 2 nitrogen and oxygen atoms in total. The molecule has 1 rings (SSSR count). The number of hydrogen-bond acceptors (Lipinski definition) is 1. The summed E-state index contributed by atoms with van der Waals surface area (Å²) in [4.78, 5) is 12.1. The van der Waals surface area contributed by atoms with Crippen LogP contribution in [-0.4, -0.2) is 11.4 Å². The normalized spacial score (nSPS) is 10.7. The quantitative estimate of drug-likeness (QED) is 0.848. The van der Waals surface area contributed by atoms with Gasteiger partial charge < -0.3 is 5.32 Å². The van der Waals surface area contributed by atoms with Gasteiger partial charge in [0.25, 0.3) is 5.91 Å². The Morgan fingerprint density at radius 3 is 2.59 bits per heavy atom. The number of benzene rings is 1. The number of amides is 1. The molecule has 0 unspecified atom stereocenters. The number of nitrogens with one attached hydrogen (secondary N) is 1. The van der Waals surface area contributed by atoms with E-state index in [2.05, 4.69) is 27.2 Å². The van der Waals surface area contributed by atoms with Gasteiger partial charge in [-0.05, 0) is 31.0 Å². The molecule has 0 bridgehead atoms. The molecule has 0 saturated carbocycles. The fraction of sp³-hybridized carbons (Fsp3) is 0.357. The van der Waals surface area contributed by atoms with Crippen molar-refractivity contribution >= 4 is 21.8 Å². The molecule has 0 fully saturated rings. The highest BCUT2D eigenvalue weighted by atomic mass is 79.9. The van der Waals surface area contributed by atoms with Crippen LogP contribution < -0.4 is 5.32 Å². The lowest BCUT2D eigenvalue weighted by Crippen LogP contribution is -2.46. The maximum absolute atomic E-state index is 12.1. The van der Waals surface area contributed by atoms with E-state index in [4.69, 9.17) is 6.42 Å². The van der Waals surface area contributed by atoms with Gasteiger partial charge >= 0.3 is 0 Å². The minimum Gasteiger partial charge on any atom is -0.336 e. The molecular weight excluding hydrogens is 278 g/mol. The van der Waals surface area contributed by atoms with Crippen LogP contribution in [0, 0.1) is 12.3 Å². The molecule has 0 saturated heterocycles. The summed E-state index contributed by atoms with van der Waals surface area (Å²) < 4.78 is 0.879. The van der Waals surface area contributed by atoms with Crippen molar-refractivity contribution in [3.8, 4) is 12.3 Å². The Morgan fingerprint density at radius 1 is 1.47 bits per heavy atom. The summed E-state index contributed by atoms with van der Waals surface area (Å²) >= 11 is 3.34. The molecule has 0 aliphatic carbocycles. The first-order valence-corrected chi connectivity index (χ1v) is 6.42. The van der Waals surface area contributed by atoms with Gasteiger partial charge in [-0.3, -0.25) is 4.79 Å². The number of terminal acetylenes is 1. The second-order valence-electron chi connectivity index (χ2n) is 3.90. The third-order valence-corrected chi connectivity index (χ3v) is 3.42. The predicted octanol–water partition coefficient (Wildman–Crippen LogP) is 3.37. The van der Waals surface area contributed by atoms with E-state index in [9.17, 15) is 4.79 Å². The van der Waals surface area contributed by atoms with E-state index in [0.717, 1.165) is 17.3 Å². The summed E-state index contributed by atoms with van der Waals surface area (Å²) in [5.41, 5.74) is 0.0697. The van der Waals surface area contributed by atoms with E-state index in [1.54, 1.807) is 12.1 Å². The second-order valence-corrected chi connectivity index (χ2v) is 4.81. The molecule has 90 valence electrons. The smallest absolute Gasteiger partial charge is 0.252 e. The van der Waals surface area contributed by atoms with Crippen molar-refractivity contribution in [2.24, 2.45) is 0 Å². The fourth-order valence-electron chi connectivity index (χ4n) is 1.59. The van der Waals surface area contributed by atoms with Crippen molar-refractivity contribution in [2.45, 2.75) is 32.2 Å². The van der Waals surface area contributed by atoms with Gasteiger partial charge in [0, 0.05) is 10.0 Å². The van der Waals surface area contributed by atoms with Gasteiger partial charge in [-0.1, -0.05) is 41.8 Å². The topological polar surface area (TPSA) is 29.1 Å². The van der Waals surface area contributed by atoms with E-state index in [1.807, 2.05) is 26.0 Å². The highest BCUT2D eigenvalue weighted by molar-refractivity contribution is 9.10. The predicted molar refractivity (Wildman–Crippen MR) is 73.8 cm³/mol. The van der Waals surface area contributed by atoms with Crippen LogP contribution in [0.1, 0.15) is 37.0 Å². The molecule has 0 heterocycles. The molecular formula is C14H16BrNO. The molecule has 0 radical (unpaired) electrons. The lowest BCUT2D eigenvalue weighted by molar-refractivity contribution is 0.0916. The van der Waals surface area contributed by atoms with Crippen molar-refractivity contribution < 1.29 is 4.79 Å². The van der Waals surface area contributed by atoms with Crippen molar-refractivity contribution in [3.05, 3.63) is 34.3 Å². The Kier molecular flexibility index (Phi) is 4.77. The first kappa shape index (κ1) is 13.8. The summed E-state index contributed by atoms with van der Waals surface area (Å²) in [6, 6.07) is 7.26. The molecule has 1 amide bonds. The zero-order chi connectivity index (χ0) is 12.9. The number of carbonyl (C=O) groups excluding carboxylic acids is 1. The molecule has 17 heavy (non-hydrogen) atoms. The standard InChI is InChI=1S/C14H16BrNO/c1-4-14(5-2,6-3)16-13(17)11-8-7-9-12(15)10-11/h1,7-10H,5-6H2,2-3H3,(H,16,17). The number of rotatable bonds is 4. The maximum Gasteiger partial charge on any atom is 0.252 e. The fourth-order valence-corrected chi connectivity index (χ4v) is 1.99. The Balaban J connectivity index is 2.89. The first-order chi connectivity index (χ1) is 8.06. The van der Waals surface area contributed by atoms with E-state index in [1.165, 1.54) is 0 Å². The molecule has 1 aromatic carbocycles. The molecule has 0 aliphatic heterocycles. The van der Waals surface area contributed by atoms with Crippen LogP contribution in [0.4, 0.5) is 0 Å². The zero-order valence-corrected chi connectivity index (χ0v) is 11.7. The van der Waals surface area contributed by atoms with Gasteiger partial charge in [-0.25, -0.2) is 0 Å². The minimum atomic E-state index is -0.542. The van der Waals surface area contributed by atoms with Crippen LogP contribution in [0.3, 0.4) is 0 Å². The van der Waals surface area contributed by atoms with Gasteiger partial charge in [0.2, 0.25) is 0 Å². The van der Waals surface area contributed by atoms with Crippen LogP contribution in [0.15, 0.2) is 28.7 Å². The Bertz CT molecular complexity index is 444. The third-order valence-electron chi connectivity index (χ3n) is 2.92. The van der Waals surface area contributed by atoms with Gasteiger partial charge in [0.1, 0.15) is 5.54 Å². The average Bonchev–Trinajstić information content (AvgIpc) is 2.36. The number of hydrogen-bond donors (Lipinski definition) is 1. The molecule has 0 aromatic heterocycles. The molecule has 0 aliphatic rings. The molecule has 1 N–H and O–H groups in total. The zero-order valence-electron chi connectivity index (χ0n) is 10.1. The van der Waals surface area contributed by atoms with Crippen molar-refractivity contribution in [1.29, 1.82) is 0 Å². The van der Waals surface area contributed by atoms with Crippen LogP contribution >= 0.6 is 15.9 Å². The van der Waals surface area contributed by atoms with Crippen LogP contribution in [-0.2, 0) is 0 Å². The van der Waals surface area contributed by atoms with Crippen molar-refractivity contribution in [1.82, 2.24) is 5.32 Å². The van der Waals surface area contributed by atoms with Crippen LogP contribution in [0.2, 0.25) is 0 Å². The summed E-state index contributed by atoms with van der Waals surface area (Å²) in [5.74, 6) is 2.56. The summed E-state index contributed by atoms with van der Waals surface area (Å²) in [5, 5.41) is 2.93. The Labute approximate surface area is 111 Å². The Hall–Kier alpha value is -1.27. The van der Waals surface area contributed by atoms with Crippen LogP contribution in [0.5, 0.6) is 0 Å². The van der Waals surface area contributed by atoms with E-state index >= 15 is 0 Å². The van der Waals surface area contributed by atoms with Gasteiger partial charge in [-0.15, -0.1) is 6.42 Å². The first-order valence-electron chi connectivity index (χ1n) is 5.62. The number of carbonyl (C=O) groups is 1. The minimum absolute atomic E-state index is 0.132. The molecule has 1 aromatic rings. The van der Waals surface area contributed by atoms with Crippen molar-refractivity contribution in [2.75, 3.05) is 0 Å². The SMILES string of the molecule is C#CC(CC)(CC)NC(=O)c1cccc(Br)c1. The average molecular weight is 294 g/mol. The highest BCUT2D eigenvalue weighted by Gasteiger charge is 2.25. The van der Waals surface area contributed by atoms with E-state index in [-0.39, 0.29) is 5.91 Å². The largest absolute Gasteiger partial charge is 0.336 e. The summed E-state index contributed by atoms with van der Waals surface area (Å²) in [7, 11) is 0. The van der Waals surface area contributed by atoms with Crippen molar-refractivity contribution in [3.63, 3.8) is 0 Å². The molecule has 0 spiro atoms. The summed E-state index contributed by atoms with van der Waals surface area (Å²) in [6.07, 6.45) is 6.96. The van der Waals surface area contributed by atoms with Gasteiger partial charge in [-0.2, -0.15) is 0 Å². The Morgan fingerprint density at radius 2 is 2.12 bits per heavy atom. The third kappa shape index (κ3) is 3.34. The maximum atomic E-state index is 12.1. The summed E-state index contributed by atoms with van der Waals surface area (Å²) in [6.45, 7) is 3.95. The van der Waals surface area contributed by atoms with E-state index in [0.29, 0.717) is 5.56 Å². The number of halogens is 1. The highest BCUT2D eigenvalue weighted by Crippen LogP contribution is 2.16. The lowest BCUT2D eigenvalue weighted by atomic mass is 9.93. The molecule has 3 heteroatoms.